The molecule has 0 radical (unpaired) electrons. The van der Waals surface area contributed by atoms with E-state index in [2.05, 4.69) is 0 Å². The standard InChI is InChI=1S/C13H18O3S/c1-15-10-6-9(8-13(14)4-5-13)12(17-3)7-11(10)16-2/h6-7,14H,4-5,8H2,1-3H3. The van der Waals surface area contributed by atoms with E-state index in [1.54, 1.807) is 26.0 Å². The van der Waals surface area contributed by atoms with Gasteiger partial charge in [0.05, 0.1) is 19.8 Å². The minimum absolute atomic E-state index is 0.482. The van der Waals surface area contributed by atoms with Gasteiger partial charge in [-0.1, -0.05) is 0 Å². The van der Waals surface area contributed by atoms with Crippen LogP contribution in [0.25, 0.3) is 0 Å². The summed E-state index contributed by atoms with van der Waals surface area (Å²) in [6.45, 7) is 0. The van der Waals surface area contributed by atoms with Crippen LogP contribution in [0.15, 0.2) is 17.0 Å². The molecule has 0 aliphatic heterocycles. The summed E-state index contributed by atoms with van der Waals surface area (Å²) >= 11 is 1.67. The van der Waals surface area contributed by atoms with Gasteiger partial charge in [-0.25, -0.2) is 0 Å². The van der Waals surface area contributed by atoms with Crippen LogP contribution in [0.5, 0.6) is 11.5 Å². The molecule has 1 aliphatic carbocycles. The fourth-order valence-electron chi connectivity index (χ4n) is 1.91. The number of hydrogen-bond donors (Lipinski definition) is 1. The molecule has 1 N–H and O–H groups in total. The molecule has 0 bridgehead atoms. The van der Waals surface area contributed by atoms with E-state index in [4.69, 9.17) is 9.47 Å². The minimum Gasteiger partial charge on any atom is -0.493 e. The normalized spacial score (nSPS) is 16.7. The number of hydrogen-bond acceptors (Lipinski definition) is 4. The van der Waals surface area contributed by atoms with Crippen molar-refractivity contribution >= 4 is 11.8 Å². The van der Waals surface area contributed by atoms with Crippen LogP contribution in [0.1, 0.15) is 18.4 Å². The molecule has 0 heterocycles. The molecular weight excluding hydrogens is 236 g/mol. The molecule has 17 heavy (non-hydrogen) atoms. The van der Waals surface area contributed by atoms with Crippen molar-refractivity contribution in [3.63, 3.8) is 0 Å². The van der Waals surface area contributed by atoms with Crippen LogP contribution in [0.2, 0.25) is 0 Å². The van der Waals surface area contributed by atoms with E-state index in [0.717, 1.165) is 34.8 Å². The molecule has 0 unspecified atom stereocenters. The molecule has 0 amide bonds. The van der Waals surface area contributed by atoms with Gasteiger partial charge in [-0.2, -0.15) is 0 Å². The molecular formula is C13H18O3S. The van der Waals surface area contributed by atoms with Gasteiger partial charge in [0.25, 0.3) is 0 Å². The van der Waals surface area contributed by atoms with Crippen molar-refractivity contribution in [1.82, 2.24) is 0 Å². The van der Waals surface area contributed by atoms with Crippen LogP contribution in [0.4, 0.5) is 0 Å². The molecule has 3 nitrogen and oxygen atoms in total. The molecule has 1 aromatic rings. The lowest BCUT2D eigenvalue weighted by molar-refractivity contribution is 0.150. The Hall–Kier alpha value is -0.870. The van der Waals surface area contributed by atoms with Crippen molar-refractivity contribution in [3.8, 4) is 11.5 Å². The molecule has 2 rings (SSSR count). The third kappa shape index (κ3) is 2.69. The molecule has 1 fully saturated rings. The second-order valence-electron chi connectivity index (χ2n) is 4.42. The summed E-state index contributed by atoms with van der Waals surface area (Å²) in [4.78, 5) is 1.14. The summed E-state index contributed by atoms with van der Waals surface area (Å²) in [5.41, 5.74) is 0.652. The van der Waals surface area contributed by atoms with Gasteiger partial charge < -0.3 is 14.6 Å². The third-order valence-corrected chi connectivity index (χ3v) is 3.95. The molecule has 1 aromatic carbocycles. The Kier molecular flexibility index (Phi) is 3.54. The molecule has 0 saturated heterocycles. The van der Waals surface area contributed by atoms with Crippen LogP contribution in [-0.4, -0.2) is 31.2 Å². The maximum atomic E-state index is 10.0. The van der Waals surface area contributed by atoms with Gasteiger partial charge in [0.1, 0.15) is 0 Å². The fraction of sp³-hybridized carbons (Fsp3) is 0.538. The van der Waals surface area contributed by atoms with Crippen LogP contribution < -0.4 is 9.47 Å². The zero-order chi connectivity index (χ0) is 12.5. The van der Waals surface area contributed by atoms with Gasteiger partial charge in [0.15, 0.2) is 11.5 Å². The van der Waals surface area contributed by atoms with Gasteiger partial charge in [-0.05, 0) is 36.8 Å². The molecule has 1 saturated carbocycles. The van der Waals surface area contributed by atoms with Crippen LogP contribution in [0.3, 0.4) is 0 Å². The first-order valence-electron chi connectivity index (χ1n) is 5.63. The lowest BCUT2D eigenvalue weighted by Gasteiger charge is -2.15. The Morgan fingerprint density at radius 3 is 2.29 bits per heavy atom. The first kappa shape index (κ1) is 12.6. The Balaban J connectivity index is 2.35. The highest BCUT2D eigenvalue weighted by Crippen LogP contribution is 2.42. The predicted octanol–water partition coefficient (Wildman–Crippen LogP) is 2.49. The summed E-state index contributed by atoms with van der Waals surface area (Å²) < 4.78 is 10.6. The van der Waals surface area contributed by atoms with Crippen LogP contribution >= 0.6 is 11.8 Å². The summed E-state index contributed by atoms with van der Waals surface area (Å²) in [7, 11) is 3.27. The number of benzene rings is 1. The third-order valence-electron chi connectivity index (χ3n) is 3.13. The fourth-order valence-corrected chi connectivity index (χ4v) is 2.52. The maximum absolute atomic E-state index is 10.0. The van der Waals surface area contributed by atoms with Gasteiger partial charge in [0, 0.05) is 11.3 Å². The second-order valence-corrected chi connectivity index (χ2v) is 5.27. The lowest BCUT2D eigenvalue weighted by Crippen LogP contribution is -2.11. The Morgan fingerprint density at radius 2 is 1.82 bits per heavy atom. The largest absolute Gasteiger partial charge is 0.493 e. The number of aliphatic hydroxyl groups is 1. The van der Waals surface area contributed by atoms with Crippen LogP contribution in [-0.2, 0) is 6.42 Å². The average Bonchev–Trinajstić information content (AvgIpc) is 3.06. The summed E-state index contributed by atoms with van der Waals surface area (Å²) in [5.74, 6) is 1.47. The van der Waals surface area contributed by atoms with Crippen molar-refractivity contribution in [2.24, 2.45) is 0 Å². The first-order valence-corrected chi connectivity index (χ1v) is 6.85. The van der Waals surface area contributed by atoms with Crippen LogP contribution in [0, 0.1) is 0 Å². The van der Waals surface area contributed by atoms with Crippen molar-refractivity contribution in [2.75, 3.05) is 20.5 Å². The van der Waals surface area contributed by atoms with E-state index in [0.29, 0.717) is 6.42 Å². The van der Waals surface area contributed by atoms with E-state index < -0.39 is 5.60 Å². The highest BCUT2D eigenvalue weighted by atomic mass is 32.2. The van der Waals surface area contributed by atoms with E-state index in [1.165, 1.54) is 0 Å². The Morgan fingerprint density at radius 1 is 1.24 bits per heavy atom. The molecule has 0 atom stereocenters. The molecule has 94 valence electrons. The maximum Gasteiger partial charge on any atom is 0.161 e. The summed E-state index contributed by atoms with van der Waals surface area (Å²) in [5, 5.41) is 10.0. The van der Waals surface area contributed by atoms with Gasteiger partial charge >= 0.3 is 0 Å². The molecule has 0 spiro atoms. The average molecular weight is 254 g/mol. The van der Waals surface area contributed by atoms with Crippen molar-refractivity contribution in [3.05, 3.63) is 17.7 Å². The van der Waals surface area contributed by atoms with E-state index in [-0.39, 0.29) is 0 Å². The number of rotatable bonds is 5. The van der Waals surface area contributed by atoms with Crippen molar-refractivity contribution in [1.29, 1.82) is 0 Å². The number of thioether (sulfide) groups is 1. The smallest absolute Gasteiger partial charge is 0.161 e. The molecule has 1 aliphatic rings. The highest BCUT2D eigenvalue weighted by Gasteiger charge is 2.40. The zero-order valence-corrected chi connectivity index (χ0v) is 11.3. The monoisotopic (exact) mass is 254 g/mol. The van der Waals surface area contributed by atoms with Gasteiger partial charge in [-0.15, -0.1) is 11.8 Å². The number of methoxy groups -OCH3 is 2. The highest BCUT2D eigenvalue weighted by molar-refractivity contribution is 7.98. The quantitative estimate of drug-likeness (QED) is 0.819. The van der Waals surface area contributed by atoms with E-state index in [9.17, 15) is 5.11 Å². The zero-order valence-electron chi connectivity index (χ0n) is 10.4. The van der Waals surface area contributed by atoms with Gasteiger partial charge in [-0.3, -0.25) is 0 Å². The molecule has 4 heteroatoms. The Labute approximate surface area is 106 Å². The van der Waals surface area contributed by atoms with Crippen molar-refractivity contribution < 1.29 is 14.6 Å². The topological polar surface area (TPSA) is 38.7 Å². The molecule has 0 aromatic heterocycles. The summed E-state index contributed by atoms with van der Waals surface area (Å²) in [6, 6.07) is 3.95. The SMILES string of the molecule is COc1cc(CC2(O)CC2)c(SC)cc1OC. The minimum atomic E-state index is -0.482. The number of ether oxygens (including phenoxy) is 2. The summed E-state index contributed by atoms with van der Waals surface area (Å²) in [6.07, 6.45) is 4.52. The first-order chi connectivity index (χ1) is 8.11. The second kappa shape index (κ2) is 4.78. The predicted molar refractivity (Wildman–Crippen MR) is 69.2 cm³/mol. The lowest BCUT2D eigenvalue weighted by atomic mass is 10.1. The van der Waals surface area contributed by atoms with E-state index in [1.807, 2.05) is 18.4 Å². The van der Waals surface area contributed by atoms with Crippen molar-refractivity contribution in [2.45, 2.75) is 29.8 Å². The van der Waals surface area contributed by atoms with E-state index >= 15 is 0 Å². The Bertz CT molecular complexity index is 413. The van der Waals surface area contributed by atoms with Gasteiger partial charge in [0.2, 0.25) is 0 Å².